The molecule has 0 fully saturated rings. The van der Waals surface area contributed by atoms with Gasteiger partial charge in [-0.1, -0.05) is 168 Å². The minimum atomic E-state index is 1.12. The molecule has 0 aromatic heterocycles. The molecular formula is C60H48N2. The van der Waals surface area contributed by atoms with Gasteiger partial charge in [0.05, 0.1) is 0 Å². The van der Waals surface area contributed by atoms with Crippen LogP contribution in [0.25, 0.3) is 54.9 Å². The largest absolute Gasteiger partial charge is 0.310 e. The second-order valence-corrected chi connectivity index (χ2v) is 16.5. The SMILES string of the molecule is Cc1ccc(N(c2ccc(C)cc2)c2cccc(-c3ccc(-c4ccc(-c5cccc(N(c6ccc(C)cc6)c6ccc(C)cc6)c5)c5ccccc45)c4ccccc34)c2)cc1. The van der Waals surface area contributed by atoms with Gasteiger partial charge in [0.15, 0.2) is 0 Å². The highest BCUT2D eigenvalue weighted by atomic mass is 15.1. The van der Waals surface area contributed by atoms with Crippen LogP contribution in [0.2, 0.25) is 0 Å². The maximum absolute atomic E-state index is 2.35. The topological polar surface area (TPSA) is 6.48 Å². The molecule has 0 radical (unpaired) electrons. The van der Waals surface area contributed by atoms with E-state index in [1.54, 1.807) is 0 Å². The molecule has 0 unspecified atom stereocenters. The second kappa shape index (κ2) is 16.4. The predicted molar refractivity (Wildman–Crippen MR) is 266 cm³/mol. The quantitative estimate of drug-likeness (QED) is 0.144. The van der Waals surface area contributed by atoms with Gasteiger partial charge in [0, 0.05) is 34.1 Å². The van der Waals surface area contributed by atoms with Gasteiger partial charge in [-0.2, -0.15) is 0 Å². The zero-order valence-electron chi connectivity index (χ0n) is 35.7. The third-order valence-electron chi connectivity index (χ3n) is 12.1. The number of fused-ring (bicyclic) bond motifs is 2. The van der Waals surface area contributed by atoms with Crippen LogP contribution in [-0.4, -0.2) is 0 Å². The van der Waals surface area contributed by atoms with E-state index < -0.39 is 0 Å². The monoisotopic (exact) mass is 796 g/mol. The number of benzene rings is 10. The van der Waals surface area contributed by atoms with E-state index in [2.05, 4.69) is 256 Å². The first-order valence-corrected chi connectivity index (χ1v) is 21.5. The molecule has 10 aromatic rings. The minimum Gasteiger partial charge on any atom is -0.310 e. The van der Waals surface area contributed by atoms with Crippen LogP contribution < -0.4 is 9.80 Å². The lowest BCUT2D eigenvalue weighted by Gasteiger charge is -2.26. The van der Waals surface area contributed by atoms with Gasteiger partial charge in [-0.05, 0) is 155 Å². The molecule has 298 valence electrons. The fourth-order valence-corrected chi connectivity index (χ4v) is 8.87. The summed E-state index contributed by atoms with van der Waals surface area (Å²) < 4.78 is 0. The van der Waals surface area contributed by atoms with Crippen molar-refractivity contribution in [2.45, 2.75) is 27.7 Å². The highest BCUT2D eigenvalue weighted by Crippen LogP contribution is 2.44. The van der Waals surface area contributed by atoms with E-state index in [0.717, 1.165) is 34.1 Å². The summed E-state index contributed by atoms with van der Waals surface area (Å²) in [6.45, 7) is 8.55. The molecule has 10 rings (SSSR count). The summed E-state index contributed by atoms with van der Waals surface area (Å²) in [5, 5.41) is 4.92. The standard InChI is InChI=1S/C60H48N2/c1-41-19-27-47(28-20-41)61(48-29-21-42(2)22-30-48)51-13-9-11-45(39-51)53-35-37-59(57-17-7-5-15-55(53)57)60-38-36-54(56-16-6-8-18-58(56)60)46-12-10-14-52(40-46)62(49-31-23-43(3)24-32-49)50-33-25-44(4)26-34-50/h5-40H,1-4H3. The van der Waals surface area contributed by atoms with Gasteiger partial charge >= 0.3 is 0 Å². The Hall–Kier alpha value is -7.68. The van der Waals surface area contributed by atoms with E-state index in [1.165, 1.54) is 77.2 Å². The summed E-state index contributed by atoms with van der Waals surface area (Å²) in [7, 11) is 0. The van der Waals surface area contributed by atoms with Gasteiger partial charge in [-0.3, -0.25) is 0 Å². The van der Waals surface area contributed by atoms with Crippen molar-refractivity contribution in [3.63, 3.8) is 0 Å². The number of aryl methyl sites for hydroxylation is 4. The Morgan fingerprint density at radius 3 is 0.806 bits per heavy atom. The maximum Gasteiger partial charge on any atom is 0.0467 e. The molecule has 0 N–H and O–H groups in total. The molecule has 0 heterocycles. The van der Waals surface area contributed by atoms with Crippen molar-refractivity contribution in [1.29, 1.82) is 0 Å². The number of anilines is 6. The summed E-state index contributed by atoms with van der Waals surface area (Å²) in [6, 6.07) is 80.2. The zero-order chi connectivity index (χ0) is 42.2. The Bertz CT molecular complexity index is 2890. The molecule has 0 spiro atoms. The first-order valence-electron chi connectivity index (χ1n) is 21.5. The highest BCUT2D eigenvalue weighted by Gasteiger charge is 2.18. The molecule has 0 aliphatic rings. The molecular weight excluding hydrogens is 749 g/mol. The Labute approximate surface area is 365 Å². The summed E-state index contributed by atoms with van der Waals surface area (Å²) in [5.41, 5.74) is 19.0. The lowest BCUT2D eigenvalue weighted by atomic mass is 9.88. The van der Waals surface area contributed by atoms with Crippen LogP contribution in [0.15, 0.2) is 218 Å². The van der Waals surface area contributed by atoms with Crippen molar-refractivity contribution in [2.24, 2.45) is 0 Å². The van der Waals surface area contributed by atoms with Gasteiger partial charge in [0.1, 0.15) is 0 Å². The average molecular weight is 797 g/mol. The van der Waals surface area contributed by atoms with Crippen LogP contribution >= 0.6 is 0 Å². The van der Waals surface area contributed by atoms with Crippen LogP contribution in [0, 0.1) is 27.7 Å². The van der Waals surface area contributed by atoms with Crippen molar-refractivity contribution in [2.75, 3.05) is 9.80 Å². The van der Waals surface area contributed by atoms with Crippen molar-refractivity contribution in [1.82, 2.24) is 0 Å². The van der Waals surface area contributed by atoms with E-state index >= 15 is 0 Å². The van der Waals surface area contributed by atoms with Crippen molar-refractivity contribution in [3.8, 4) is 33.4 Å². The fraction of sp³-hybridized carbons (Fsp3) is 0.0667. The number of nitrogens with zero attached hydrogens (tertiary/aromatic N) is 2. The van der Waals surface area contributed by atoms with E-state index in [4.69, 9.17) is 0 Å². The number of hydrogen-bond acceptors (Lipinski definition) is 2. The highest BCUT2D eigenvalue weighted by molar-refractivity contribution is 6.12. The van der Waals surface area contributed by atoms with Crippen molar-refractivity contribution in [3.05, 3.63) is 241 Å². The molecule has 0 aliphatic heterocycles. The van der Waals surface area contributed by atoms with Gasteiger partial charge < -0.3 is 9.80 Å². The zero-order valence-corrected chi connectivity index (χ0v) is 35.7. The van der Waals surface area contributed by atoms with Gasteiger partial charge in [-0.25, -0.2) is 0 Å². The molecule has 0 aliphatic carbocycles. The molecule has 0 saturated heterocycles. The van der Waals surface area contributed by atoms with Gasteiger partial charge in [0.2, 0.25) is 0 Å². The molecule has 0 saturated carbocycles. The summed E-state index contributed by atoms with van der Waals surface area (Å²) in [5.74, 6) is 0. The predicted octanol–water partition coefficient (Wildman–Crippen LogP) is 17.2. The van der Waals surface area contributed by atoms with E-state index in [9.17, 15) is 0 Å². The molecule has 0 bridgehead atoms. The van der Waals surface area contributed by atoms with Crippen molar-refractivity contribution < 1.29 is 0 Å². The third kappa shape index (κ3) is 7.42. The fourth-order valence-electron chi connectivity index (χ4n) is 8.87. The Morgan fingerprint density at radius 2 is 0.500 bits per heavy atom. The van der Waals surface area contributed by atoms with Crippen LogP contribution in [0.1, 0.15) is 22.3 Å². The lowest BCUT2D eigenvalue weighted by molar-refractivity contribution is 1.27. The van der Waals surface area contributed by atoms with Crippen LogP contribution in [0.5, 0.6) is 0 Å². The molecule has 2 nitrogen and oxygen atoms in total. The molecule has 62 heavy (non-hydrogen) atoms. The summed E-state index contributed by atoms with van der Waals surface area (Å²) in [6.07, 6.45) is 0. The third-order valence-corrected chi connectivity index (χ3v) is 12.1. The Balaban J connectivity index is 1.06. The Kier molecular flexibility index (Phi) is 10.2. The number of hydrogen-bond donors (Lipinski definition) is 0. The first-order chi connectivity index (χ1) is 30.4. The minimum absolute atomic E-state index is 1.12. The van der Waals surface area contributed by atoms with Gasteiger partial charge in [-0.15, -0.1) is 0 Å². The van der Waals surface area contributed by atoms with E-state index in [0.29, 0.717) is 0 Å². The molecule has 0 amide bonds. The summed E-state index contributed by atoms with van der Waals surface area (Å²) in [4.78, 5) is 4.70. The van der Waals surface area contributed by atoms with E-state index in [-0.39, 0.29) is 0 Å². The van der Waals surface area contributed by atoms with Crippen molar-refractivity contribution >= 4 is 55.7 Å². The normalized spacial score (nSPS) is 11.2. The van der Waals surface area contributed by atoms with Gasteiger partial charge in [0.25, 0.3) is 0 Å². The van der Waals surface area contributed by atoms with Crippen LogP contribution in [0.4, 0.5) is 34.1 Å². The first kappa shape index (κ1) is 38.5. The molecule has 10 aromatic carbocycles. The van der Waals surface area contributed by atoms with Crippen LogP contribution in [-0.2, 0) is 0 Å². The summed E-state index contributed by atoms with van der Waals surface area (Å²) >= 11 is 0. The smallest absolute Gasteiger partial charge is 0.0467 e. The molecule has 2 heteroatoms. The average Bonchev–Trinajstić information content (AvgIpc) is 3.31. The second-order valence-electron chi connectivity index (χ2n) is 16.5. The molecule has 0 atom stereocenters. The number of rotatable bonds is 9. The Morgan fingerprint density at radius 1 is 0.226 bits per heavy atom. The van der Waals surface area contributed by atoms with E-state index in [1.807, 2.05) is 0 Å². The lowest BCUT2D eigenvalue weighted by Crippen LogP contribution is -2.10. The maximum atomic E-state index is 2.35. The van der Waals surface area contributed by atoms with Crippen LogP contribution in [0.3, 0.4) is 0 Å².